The van der Waals surface area contributed by atoms with Crippen LogP contribution in [0, 0.1) is 0 Å². The summed E-state index contributed by atoms with van der Waals surface area (Å²) in [5.41, 5.74) is 8.07. The maximum Gasteiger partial charge on any atom is 0.269 e. The zero-order chi connectivity index (χ0) is 17.4. The Morgan fingerprint density at radius 3 is 2.48 bits per heavy atom. The summed E-state index contributed by atoms with van der Waals surface area (Å²) in [6.45, 7) is 0.576. The molecule has 134 valence electrons. The van der Waals surface area contributed by atoms with Gasteiger partial charge in [-0.1, -0.05) is 30.3 Å². The average molecular weight is 362 g/mol. The molecule has 0 fully saturated rings. The number of carbonyl (C=O) groups is 2. The number of hydrogen-bond acceptors (Lipinski definition) is 4. The van der Waals surface area contributed by atoms with E-state index in [0.29, 0.717) is 30.6 Å². The number of ketones is 1. The predicted octanol–water partition coefficient (Wildman–Crippen LogP) is 2.77. The Morgan fingerprint density at radius 2 is 1.84 bits per heavy atom. The highest BCUT2D eigenvalue weighted by Gasteiger charge is 2.14. The maximum atomic E-state index is 12.4. The van der Waals surface area contributed by atoms with E-state index in [9.17, 15) is 9.59 Å². The molecule has 2 aromatic rings. The molecule has 0 saturated heterocycles. The van der Waals surface area contributed by atoms with Crippen molar-refractivity contribution in [1.82, 2.24) is 10.3 Å². The van der Waals surface area contributed by atoms with E-state index in [1.165, 1.54) is 0 Å². The third kappa shape index (κ3) is 6.29. The fourth-order valence-electron chi connectivity index (χ4n) is 2.46. The normalized spacial score (nSPS) is 10.0. The van der Waals surface area contributed by atoms with Gasteiger partial charge in [-0.25, -0.2) is 4.98 Å². The van der Waals surface area contributed by atoms with Gasteiger partial charge in [0, 0.05) is 31.1 Å². The van der Waals surface area contributed by atoms with Gasteiger partial charge in [0.25, 0.3) is 5.91 Å². The Balaban J connectivity index is 0.00000312. The van der Waals surface area contributed by atoms with Gasteiger partial charge in [-0.3, -0.25) is 9.59 Å². The summed E-state index contributed by atoms with van der Waals surface area (Å²) in [5.74, 6) is -0.272. The number of nitrogens with one attached hydrogen (secondary N) is 1. The number of unbranched alkanes of at least 4 members (excludes halogenated alkanes) is 1. The molecule has 0 saturated carbocycles. The molecule has 0 spiro atoms. The van der Waals surface area contributed by atoms with Crippen molar-refractivity contribution in [2.24, 2.45) is 5.73 Å². The standard InChI is InChI=1S/C19H23N3O2.ClH/c1-21-19(24)17-13-15(18(23)9-5-6-10-20)12-16(22-17)11-14-7-3-2-4-8-14;/h2-4,7-8,12-13H,5-6,9-11,20H2,1H3,(H,21,24);1H. The van der Waals surface area contributed by atoms with Crippen LogP contribution in [0.1, 0.15) is 51.4 Å². The van der Waals surface area contributed by atoms with Crippen molar-refractivity contribution in [2.75, 3.05) is 13.6 Å². The second kappa shape index (κ2) is 10.6. The first-order valence-corrected chi connectivity index (χ1v) is 8.14. The number of nitrogens with zero attached hydrogens (tertiary/aromatic N) is 1. The lowest BCUT2D eigenvalue weighted by Crippen LogP contribution is -2.20. The summed E-state index contributed by atoms with van der Waals surface area (Å²) in [6, 6.07) is 13.2. The quantitative estimate of drug-likeness (QED) is 0.559. The van der Waals surface area contributed by atoms with Crippen LogP contribution in [0.15, 0.2) is 42.5 Å². The summed E-state index contributed by atoms with van der Waals surface area (Å²) < 4.78 is 0. The lowest BCUT2D eigenvalue weighted by Gasteiger charge is -2.08. The molecule has 0 atom stereocenters. The first-order chi connectivity index (χ1) is 11.6. The Morgan fingerprint density at radius 1 is 1.12 bits per heavy atom. The molecule has 0 aliphatic rings. The van der Waals surface area contributed by atoms with Crippen LogP contribution >= 0.6 is 12.4 Å². The molecule has 0 bridgehead atoms. The molecule has 3 N–H and O–H groups in total. The van der Waals surface area contributed by atoms with Crippen LogP contribution in [0.3, 0.4) is 0 Å². The molecular formula is C19H24ClN3O2. The van der Waals surface area contributed by atoms with Crippen molar-refractivity contribution in [2.45, 2.75) is 25.7 Å². The minimum Gasteiger partial charge on any atom is -0.354 e. The molecule has 0 aliphatic heterocycles. The van der Waals surface area contributed by atoms with Crippen molar-refractivity contribution in [3.05, 3.63) is 65.0 Å². The van der Waals surface area contributed by atoms with Crippen molar-refractivity contribution in [1.29, 1.82) is 0 Å². The van der Waals surface area contributed by atoms with Crippen molar-refractivity contribution < 1.29 is 9.59 Å². The number of rotatable bonds is 8. The van der Waals surface area contributed by atoms with E-state index in [2.05, 4.69) is 10.3 Å². The van der Waals surface area contributed by atoms with E-state index in [4.69, 9.17) is 5.73 Å². The largest absolute Gasteiger partial charge is 0.354 e. The average Bonchev–Trinajstić information content (AvgIpc) is 2.61. The third-order valence-corrected chi connectivity index (χ3v) is 3.75. The maximum absolute atomic E-state index is 12.4. The first kappa shape index (κ1) is 20.8. The van der Waals surface area contributed by atoms with Crippen molar-refractivity contribution >= 4 is 24.1 Å². The van der Waals surface area contributed by atoms with Gasteiger partial charge in [0.2, 0.25) is 0 Å². The smallest absolute Gasteiger partial charge is 0.269 e. The van der Waals surface area contributed by atoms with E-state index >= 15 is 0 Å². The molecule has 1 aromatic heterocycles. The van der Waals surface area contributed by atoms with Crippen LogP contribution < -0.4 is 11.1 Å². The van der Waals surface area contributed by atoms with Gasteiger partial charge in [0.15, 0.2) is 5.78 Å². The molecule has 0 radical (unpaired) electrons. The van der Waals surface area contributed by atoms with Crippen molar-refractivity contribution in [3.8, 4) is 0 Å². The Bertz CT molecular complexity index is 705. The van der Waals surface area contributed by atoms with E-state index in [1.54, 1.807) is 19.2 Å². The van der Waals surface area contributed by atoms with Gasteiger partial charge in [0.05, 0.1) is 0 Å². The van der Waals surface area contributed by atoms with Crippen LogP contribution in [-0.2, 0) is 6.42 Å². The van der Waals surface area contributed by atoms with Gasteiger partial charge in [-0.2, -0.15) is 0 Å². The highest BCUT2D eigenvalue weighted by molar-refractivity contribution is 5.99. The van der Waals surface area contributed by atoms with Gasteiger partial charge in [-0.05, 0) is 37.1 Å². The molecule has 5 nitrogen and oxygen atoms in total. The molecule has 0 aliphatic carbocycles. The van der Waals surface area contributed by atoms with Gasteiger partial charge in [-0.15, -0.1) is 12.4 Å². The minimum absolute atomic E-state index is 0. The molecule has 1 aromatic carbocycles. The van der Waals surface area contributed by atoms with E-state index < -0.39 is 0 Å². The molecule has 25 heavy (non-hydrogen) atoms. The highest BCUT2D eigenvalue weighted by atomic mass is 35.5. The number of amides is 1. The van der Waals surface area contributed by atoms with E-state index in [0.717, 1.165) is 18.4 Å². The molecule has 1 heterocycles. The fraction of sp³-hybridized carbons (Fsp3) is 0.316. The van der Waals surface area contributed by atoms with Crippen molar-refractivity contribution in [3.63, 3.8) is 0 Å². The Labute approximate surface area is 154 Å². The van der Waals surface area contributed by atoms with Crippen LogP contribution in [0.2, 0.25) is 0 Å². The van der Waals surface area contributed by atoms with Crippen LogP contribution in [0.25, 0.3) is 0 Å². The third-order valence-electron chi connectivity index (χ3n) is 3.75. The fourth-order valence-corrected chi connectivity index (χ4v) is 2.46. The highest BCUT2D eigenvalue weighted by Crippen LogP contribution is 2.14. The molecule has 1 amide bonds. The summed E-state index contributed by atoms with van der Waals surface area (Å²) in [4.78, 5) is 28.7. The molecule has 6 heteroatoms. The van der Waals surface area contributed by atoms with Crippen LogP contribution in [-0.4, -0.2) is 30.3 Å². The zero-order valence-electron chi connectivity index (χ0n) is 14.3. The number of halogens is 1. The van der Waals surface area contributed by atoms with E-state index in [1.807, 2.05) is 30.3 Å². The minimum atomic E-state index is -0.291. The SMILES string of the molecule is CNC(=O)c1cc(C(=O)CCCCN)cc(Cc2ccccc2)n1.Cl. The number of carbonyl (C=O) groups excluding carboxylic acids is 2. The Kier molecular flexibility index (Phi) is 8.81. The van der Waals surface area contributed by atoms with Gasteiger partial charge < -0.3 is 11.1 Å². The monoisotopic (exact) mass is 361 g/mol. The second-order valence-electron chi connectivity index (χ2n) is 5.64. The van der Waals surface area contributed by atoms with Gasteiger partial charge >= 0.3 is 0 Å². The number of aromatic nitrogens is 1. The summed E-state index contributed by atoms with van der Waals surface area (Å²) in [5, 5.41) is 2.56. The summed E-state index contributed by atoms with van der Waals surface area (Å²) in [6.07, 6.45) is 2.57. The first-order valence-electron chi connectivity index (χ1n) is 8.14. The number of nitrogens with two attached hydrogens (primary N) is 1. The summed E-state index contributed by atoms with van der Waals surface area (Å²) >= 11 is 0. The number of hydrogen-bond donors (Lipinski definition) is 2. The van der Waals surface area contributed by atoms with E-state index in [-0.39, 0.29) is 29.8 Å². The lowest BCUT2D eigenvalue weighted by atomic mass is 10.0. The lowest BCUT2D eigenvalue weighted by molar-refractivity contribution is 0.0958. The predicted molar refractivity (Wildman–Crippen MR) is 101 cm³/mol. The number of pyridine rings is 1. The number of benzene rings is 1. The molecule has 2 rings (SSSR count). The number of Topliss-reactive ketones (excluding diaryl/α,β-unsaturated/α-hetero) is 1. The topological polar surface area (TPSA) is 85.1 Å². The molecular weight excluding hydrogens is 338 g/mol. The summed E-state index contributed by atoms with van der Waals surface area (Å²) in [7, 11) is 1.55. The van der Waals surface area contributed by atoms with Crippen LogP contribution in [0.5, 0.6) is 0 Å². The zero-order valence-corrected chi connectivity index (χ0v) is 15.1. The Hall–Kier alpha value is -2.24. The van der Waals surface area contributed by atoms with Crippen LogP contribution in [0.4, 0.5) is 0 Å². The van der Waals surface area contributed by atoms with Gasteiger partial charge in [0.1, 0.15) is 5.69 Å². The molecule has 0 unspecified atom stereocenters. The second-order valence-corrected chi connectivity index (χ2v) is 5.64.